The molecule has 0 aromatic heterocycles. The summed E-state index contributed by atoms with van der Waals surface area (Å²) in [7, 11) is 4.75. The van der Waals surface area contributed by atoms with Crippen LogP contribution in [0.15, 0.2) is 60.7 Å². The molecule has 12 heavy (non-hydrogen) atoms. The number of halogens is 1. The van der Waals surface area contributed by atoms with E-state index in [9.17, 15) is 0 Å². The molecule has 0 spiro atoms. The van der Waals surface area contributed by atoms with Gasteiger partial charge in [-0.2, -0.15) is 36.4 Å². The average molecular weight is 350 g/mol. The molecule has 0 nitrogen and oxygen atoms in total. The quantitative estimate of drug-likeness (QED) is 0.640. The minimum atomic E-state index is 0.917. The van der Waals surface area contributed by atoms with Crippen LogP contribution in [-0.2, 0) is 18.8 Å². The predicted molar refractivity (Wildman–Crippen MR) is 51.3 cm³/mol. The topological polar surface area (TPSA) is 0 Å². The summed E-state index contributed by atoms with van der Waals surface area (Å²) in [6.45, 7) is 0. The van der Waals surface area contributed by atoms with Gasteiger partial charge in [-0.05, 0) is 0 Å². The van der Waals surface area contributed by atoms with Gasteiger partial charge in [0.1, 0.15) is 0 Å². The summed E-state index contributed by atoms with van der Waals surface area (Å²) in [5, 5.41) is 0. The fraction of sp³-hybridized carbons (Fsp3) is 0. The molecule has 0 amide bonds. The van der Waals surface area contributed by atoms with E-state index in [-0.39, 0.29) is 0 Å². The van der Waals surface area contributed by atoms with Gasteiger partial charge in [-0.3, -0.25) is 0 Å². The van der Waals surface area contributed by atoms with Gasteiger partial charge in [0.25, 0.3) is 0 Å². The molecular weight excluding hydrogens is 339 g/mol. The summed E-state index contributed by atoms with van der Waals surface area (Å²) in [6, 6.07) is 20.0. The molecule has 0 radical (unpaired) electrons. The minimum absolute atomic E-state index is 0.917. The van der Waals surface area contributed by atoms with Crippen molar-refractivity contribution >= 4 is 9.42 Å². The van der Waals surface area contributed by atoms with Gasteiger partial charge in [-0.1, -0.05) is 0 Å². The third-order valence-electron chi connectivity index (χ3n) is 1.11. The molecule has 0 aliphatic heterocycles. The summed E-state index contributed by atoms with van der Waals surface area (Å²) < 4.78 is 0. The Hall–Kier alpha value is -0.322. The van der Waals surface area contributed by atoms with Gasteiger partial charge in [-0.15, -0.1) is 0 Å². The molecule has 2 aromatic carbocycles. The van der Waals surface area contributed by atoms with E-state index in [1.807, 2.05) is 60.7 Å². The van der Waals surface area contributed by atoms with Crippen LogP contribution in [0.25, 0.3) is 0 Å². The van der Waals surface area contributed by atoms with E-state index in [0.29, 0.717) is 0 Å². The Bertz CT molecular complexity index is 149. The van der Waals surface area contributed by atoms with Crippen LogP contribution < -0.4 is 0 Å². The van der Waals surface area contributed by atoms with Crippen LogP contribution in [0.1, 0.15) is 0 Å². The van der Waals surface area contributed by atoms with Gasteiger partial charge < -0.3 is 0 Å². The van der Waals surface area contributed by atoms with Crippen molar-refractivity contribution < 1.29 is 18.8 Å². The van der Waals surface area contributed by atoms with Crippen molar-refractivity contribution in [1.29, 1.82) is 0 Å². The Morgan fingerprint density at radius 1 is 0.667 bits per heavy atom. The Morgan fingerprint density at radius 3 is 1.00 bits per heavy atom. The van der Waals surface area contributed by atoms with Crippen LogP contribution in [0.2, 0.25) is 0 Å². The molecule has 0 atom stereocenters. The SMILES string of the molecule is [Cl][WH].c1cc[cH-]c1.c1cc[cH-]c1. The number of hydrogen-bond acceptors (Lipinski definition) is 0. The van der Waals surface area contributed by atoms with Crippen molar-refractivity contribution in [3.8, 4) is 0 Å². The van der Waals surface area contributed by atoms with Crippen molar-refractivity contribution in [3.05, 3.63) is 60.7 Å². The van der Waals surface area contributed by atoms with E-state index in [1.165, 1.54) is 0 Å². The largest absolute Gasteiger partial charge is 0.214 e. The maximum absolute atomic E-state index is 4.75. The molecule has 2 heteroatoms. The molecule has 0 heterocycles. The second kappa shape index (κ2) is 10.7. The second-order valence-electron chi connectivity index (χ2n) is 1.92. The Labute approximate surface area is 88.7 Å². The maximum atomic E-state index is 4.75. The van der Waals surface area contributed by atoms with Gasteiger partial charge in [0, 0.05) is 0 Å². The van der Waals surface area contributed by atoms with Crippen molar-refractivity contribution in [1.82, 2.24) is 0 Å². The minimum Gasteiger partial charge on any atom is -0.214 e. The first-order chi connectivity index (χ1) is 6.00. The molecule has 0 fully saturated rings. The summed E-state index contributed by atoms with van der Waals surface area (Å²) in [5.41, 5.74) is 0. The summed E-state index contributed by atoms with van der Waals surface area (Å²) in [6.07, 6.45) is 0. The zero-order valence-electron chi connectivity index (χ0n) is 6.60. The van der Waals surface area contributed by atoms with Gasteiger partial charge in [-0.25, -0.2) is 24.3 Å². The van der Waals surface area contributed by atoms with Crippen molar-refractivity contribution in [2.75, 3.05) is 0 Å². The first-order valence-electron chi connectivity index (χ1n) is 3.50. The maximum Gasteiger partial charge on any atom is -0.172 e. The second-order valence-corrected chi connectivity index (χ2v) is 1.92. The normalized spacial score (nSPS) is 7.17. The molecule has 2 rings (SSSR count). The molecular formula is C10H11ClW-2. The molecule has 2 aromatic rings. The van der Waals surface area contributed by atoms with E-state index >= 15 is 0 Å². The molecule has 0 N–H and O–H groups in total. The summed E-state index contributed by atoms with van der Waals surface area (Å²) in [4.78, 5) is 0. The standard InChI is InChI=1S/2C5H5.ClH.W.H/c2*1-2-4-5-3-1;;;/h2*1-5H;1H;;/q2*-1;;+1;/p-1. The van der Waals surface area contributed by atoms with Gasteiger partial charge in [0.05, 0.1) is 0 Å². The number of hydrogen-bond donors (Lipinski definition) is 0. The van der Waals surface area contributed by atoms with E-state index in [4.69, 9.17) is 9.42 Å². The van der Waals surface area contributed by atoms with Crippen molar-refractivity contribution in [2.24, 2.45) is 0 Å². The van der Waals surface area contributed by atoms with Crippen LogP contribution >= 0.6 is 9.42 Å². The van der Waals surface area contributed by atoms with E-state index < -0.39 is 0 Å². The van der Waals surface area contributed by atoms with E-state index in [0.717, 1.165) is 18.8 Å². The monoisotopic (exact) mass is 350 g/mol. The van der Waals surface area contributed by atoms with Gasteiger partial charge in [0.2, 0.25) is 0 Å². The Morgan fingerprint density at radius 2 is 0.917 bits per heavy atom. The van der Waals surface area contributed by atoms with E-state index in [2.05, 4.69) is 0 Å². The number of rotatable bonds is 0. The van der Waals surface area contributed by atoms with Crippen LogP contribution in [0, 0.1) is 0 Å². The summed E-state index contributed by atoms with van der Waals surface area (Å²) >= 11 is 0.917. The van der Waals surface area contributed by atoms with Crippen molar-refractivity contribution in [2.45, 2.75) is 0 Å². The van der Waals surface area contributed by atoms with Crippen molar-refractivity contribution in [3.63, 3.8) is 0 Å². The first kappa shape index (κ1) is 11.7. The molecule has 0 aliphatic carbocycles. The molecule has 66 valence electrons. The molecule has 0 aliphatic rings. The van der Waals surface area contributed by atoms with E-state index in [1.54, 1.807) is 0 Å². The smallest absolute Gasteiger partial charge is 0.172 e. The first-order valence-corrected chi connectivity index (χ1v) is 7.48. The molecule has 0 saturated heterocycles. The fourth-order valence-electron chi connectivity index (χ4n) is 0.642. The van der Waals surface area contributed by atoms with Crippen LogP contribution in [-0.4, -0.2) is 0 Å². The van der Waals surface area contributed by atoms with Crippen LogP contribution in [0.4, 0.5) is 0 Å². The molecule has 0 unspecified atom stereocenters. The Kier molecular flexibility index (Phi) is 10.4. The molecule has 0 saturated carbocycles. The summed E-state index contributed by atoms with van der Waals surface area (Å²) in [5.74, 6) is 0. The molecule has 0 bridgehead atoms. The third kappa shape index (κ3) is 7.78. The Balaban J connectivity index is 0.000000168. The zero-order valence-corrected chi connectivity index (χ0v) is 10.6. The fourth-order valence-corrected chi connectivity index (χ4v) is 0.642. The van der Waals surface area contributed by atoms with Gasteiger partial charge in [0.15, 0.2) is 0 Å². The third-order valence-corrected chi connectivity index (χ3v) is 1.11. The van der Waals surface area contributed by atoms with Gasteiger partial charge >= 0.3 is 28.2 Å². The average Bonchev–Trinajstić information content (AvgIpc) is 2.87. The zero-order chi connectivity index (χ0) is 9.07. The van der Waals surface area contributed by atoms with Crippen LogP contribution in [0.5, 0.6) is 0 Å². The van der Waals surface area contributed by atoms with Crippen LogP contribution in [0.3, 0.4) is 0 Å². The predicted octanol–water partition coefficient (Wildman–Crippen LogP) is 3.23.